The van der Waals surface area contributed by atoms with Gasteiger partial charge >= 0.3 is 12.1 Å². The van der Waals surface area contributed by atoms with E-state index in [-0.39, 0.29) is 17.1 Å². The Labute approximate surface area is 213 Å². The molecule has 1 fully saturated rings. The number of hydrogen-bond acceptors (Lipinski definition) is 6. The number of anilines is 1. The molecular formula is C24H20ClF3N4O3S. The highest BCUT2D eigenvalue weighted by molar-refractivity contribution is 8.18. The van der Waals surface area contributed by atoms with Gasteiger partial charge in [-0.2, -0.15) is 18.2 Å². The number of amides is 1. The zero-order valence-electron chi connectivity index (χ0n) is 18.6. The van der Waals surface area contributed by atoms with Crippen LogP contribution in [0.3, 0.4) is 0 Å². The van der Waals surface area contributed by atoms with E-state index in [0.717, 1.165) is 24.0 Å². The average Bonchev–Trinajstić information content (AvgIpc) is 3.45. The number of alkyl halides is 3. The molecule has 188 valence electrons. The van der Waals surface area contributed by atoms with Crippen molar-refractivity contribution in [3.8, 4) is 0 Å². The van der Waals surface area contributed by atoms with Crippen LogP contribution < -0.4 is 5.32 Å². The van der Waals surface area contributed by atoms with Crippen molar-refractivity contribution in [1.82, 2.24) is 4.90 Å². The Balaban J connectivity index is 1.50. The molecule has 1 atom stereocenters. The molecule has 3 N–H and O–H groups in total. The molecule has 0 aliphatic carbocycles. The van der Waals surface area contributed by atoms with Crippen LogP contribution in [0.2, 0.25) is 5.02 Å². The predicted octanol–water partition coefficient (Wildman–Crippen LogP) is 5.49. The molecule has 0 aromatic heterocycles. The van der Waals surface area contributed by atoms with Crippen molar-refractivity contribution in [2.45, 2.75) is 31.6 Å². The first kappa shape index (κ1) is 25.8. The second-order valence-electron chi connectivity index (χ2n) is 8.14. The smallest absolute Gasteiger partial charge is 0.416 e. The van der Waals surface area contributed by atoms with Gasteiger partial charge in [-0.05, 0) is 66.1 Å². The Bertz CT molecular complexity index is 1300. The van der Waals surface area contributed by atoms with Gasteiger partial charge in [0.1, 0.15) is 6.04 Å². The van der Waals surface area contributed by atoms with Crippen LogP contribution in [0.25, 0.3) is 6.08 Å². The Morgan fingerprint density at radius 3 is 2.78 bits per heavy atom. The van der Waals surface area contributed by atoms with Crippen LogP contribution in [0.1, 0.15) is 35.1 Å². The van der Waals surface area contributed by atoms with E-state index in [9.17, 15) is 27.9 Å². The summed E-state index contributed by atoms with van der Waals surface area (Å²) in [6.07, 6.45) is -0.729. The summed E-state index contributed by atoms with van der Waals surface area (Å²) in [5.74, 6) is -1.44. The summed E-state index contributed by atoms with van der Waals surface area (Å²) in [7, 11) is 0. The average molecular weight is 537 g/mol. The third-order valence-electron chi connectivity index (χ3n) is 5.77. The molecule has 2 aromatic rings. The SMILES string of the molecule is N=Cc1cc(/C=C2\SC(N3CCC[C@@H]3C(=O)O)=NC2=O)ccc1NCc1ccc(Cl)cc1C(F)(F)F. The monoisotopic (exact) mass is 536 g/mol. The van der Waals surface area contributed by atoms with E-state index in [4.69, 9.17) is 17.0 Å². The van der Waals surface area contributed by atoms with Gasteiger partial charge in [0.15, 0.2) is 5.17 Å². The fraction of sp³-hybridized carbons (Fsp3) is 0.250. The summed E-state index contributed by atoms with van der Waals surface area (Å²) in [6.45, 7) is 0.366. The number of nitrogens with one attached hydrogen (secondary N) is 2. The summed E-state index contributed by atoms with van der Waals surface area (Å²) in [6, 6.07) is 7.75. The van der Waals surface area contributed by atoms with Gasteiger partial charge in [0, 0.05) is 35.6 Å². The van der Waals surface area contributed by atoms with Gasteiger partial charge in [-0.25, -0.2) is 4.79 Å². The van der Waals surface area contributed by atoms with Crippen LogP contribution >= 0.6 is 23.4 Å². The number of aliphatic carboxylic acids is 1. The Morgan fingerprint density at radius 1 is 1.31 bits per heavy atom. The number of benzene rings is 2. The molecule has 36 heavy (non-hydrogen) atoms. The lowest BCUT2D eigenvalue weighted by Gasteiger charge is -2.21. The topological polar surface area (TPSA) is 106 Å². The minimum absolute atomic E-state index is 0.00762. The molecule has 1 saturated heterocycles. The van der Waals surface area contributed by atoms with E-state index < -0.39 is 29.7 Å². The molecular weight excluding hydrogens is 517 g/mol. The molecule has 0 bridgehead atoms. The van der Waals surface area contributed by atoms with Crippen LogP contribution in [-0.4, -0.2) is 45.9 Å². The lowest BCUT2D eigenvalue weighted by Crippen LogP contribution is -2.38. The van der Waals surface area contributed by atoms with Crippen molar-refractivity contribution in [2.75, 3.05) is 11.9 Å². The zero-order valence-corrected chi connectivity index (χ0v) is 20.2. The molecule has 0 spiro atoms. The Morgan fingerprint density at radius 2 is 2.08 bits per heavy atom. The Kier molecular flexibility index (Phi) is 7.41. The summed E-state index contributed by atoms with van der Waals surface area (Å²) in [4.78, 5) is 29.8. The van der Waals surface area contributed by atoms with Crippen LogP contribution in [0.15, 0.2) is 46.3 Å². The number of thioether (sulfide) groups is 1. The van der Waals surface area contributed by atoms with Gasteiger partial charge in [0.2, 0.25) is 0 Å². The number of carbonyl (C=O) groups is 2. The van der Waals surface area contributed by atoms with E-state index >= 15 is 0 Å². The number of carboxylic acids is 1. The number of halogens is 4. The number of hydrogen-bond donors (Lipinski definition) is 3. The summed E-state index contributed by atoms with van der Waals surface area (Å²) in [5.41, 5.74) is 0.613. The summed E-state index contributed by atoms with van der Waals surface area (Å²) >= 11 is 6.83. The quantitative estimate of drug-likeness (QED) is 0.333. The van der Waals surface area contributed by atoms with Crippen LogP contribution in [0, 0.1) is 5.41 Å². The fourth-order valence-corrected chi connectivity index (χ4v) is 5.19. The van der Waals surface area contributed by atoms with Gasteiger partial charge in [-0.1, -0.05) is 23.7 Å². The second kappa shape index (κ2) is 10.4. The highest BCUT2D eigenvalue weighted by Crippen LogP contribution is 2.35. The lowest BCUT2D eigenvalue weighted by atomic mass is 10.1. The first-order valence-electron chi connectivity index (χ1n) is 10.8. The molecule has 1 amide bonds. The number of carbonyl (C=O) groups excluding carboxylic acids is 1. The van der Waals surface area contributed by atoms with Gasteiger partial charge in [0.05, 0.1) is 10.5 Å². The third kappa shape index (κ3) is 5.57. The molecule has 2 heterocycles. The van der Waals surface area contributed by atoms with Crippen molar-refractivity contribution in [1.29, 1.82) is 5.41 Å². The molecule has 0 radical (unpaired) electrons. The molecule has 12 heteroatoms. The first-order chi connectivity index (χ1) is 17.1. The predicted molar refractivity (Wildman–Crippen MR) is 133 cm³/mol. The molecule has 7 nitrogen and oxygen atoms in total. The van der Waals surface area contributed by atoms with E-state index in [1.165, 1.54) is 12.1 Å². The van der Waals surface area contributed by atoms with Crippen molar-refractivity contribution in [3.63, 3.8) is 0 Å². The maximum absolute atomic E-state index is 13.4. The van der Waals surface area contributed by atoms with Gasteiger partial charge in [-0.3, -0.25) is 4.79 Å². The van der Waals surface area contributed by atoms with E-state index in [1.807, 2.05) is 0 Å². The van der Waals surface area contributed by atoms with Gasteiger partial charge in [-0.15, -0.1) is 0 Å². The molecule has 0 saturated carbocycles. The molecule has 2 aromatic carbocycles. The highest BCUT2D eigenvalue weighted by Gasteiger charge is 2.37. The zero-order chi connectivity index (χ0) is 26.0. The summed E-state index contributed by atoms with van der Waals surface area (Å²) in [5, 5.41) is 20.4. The standard InChI is InChI=1S/C24H20ClF3N4O3S/c25-16-5-4-14(17(10-16)24(26,27)28)12-30-18-6-3-13(8-15(18)11-29)9-20-21(33)31-23(36-20)32-7-1-2-19(32)22(34)35/h3-6,8-11,19,29-30H,1-2,7,12H2,(H,34,35)/b20-9-,29-11?/t19-/m1/s1. The number of rotatable bonds is 6. The normalized spacial score (nSPS) is 19.1. The van der Waals surface area contributed by atoms with Crippen LogP contribution in [0.4, 0.5) is 18.9 Å². The number of likely N-dealkylation sites (tertiary alicyclic amines) is 1. The molecule has 0 unspecified atom stereocenters. The minimum Gasteiger partial charge on any atom is -0.480 e. The number of amidine groups is 1. The molecule has 2 aliphatic rings. The van der Waals surface area contributed by atoms with Crippen molar-refractivity contribution < 1.29 is 27.9 Å². The number of carboxylic acid groups (broad SMARTS) is 1. The number of nitrogens with zero attached hydrogens (tertiary/aromatic N) is 2. The van der Waals surface area contributed by atoms with Crippen LogP contribution in [-0.2, 0) is 22.3 Å². The van der Waals surface area contributed by atoms with Gasteiger partial charge < -0.3 is 20.7 Å². The second-order valence-corrected chi connectivity index (χ2v) is 9.59. The van der Waals surface area contributed by atoms with E-state index in [1.54, 1.807) is 29.2 Å². The van der Waals surface area contributed by atoms with E-state index in [0.29, 0.717) is 46.3 Å². The molecule has 2 aliphatic heterocycles. The lowest BCUT2D eigenvalue weighted by molar-refractivity contribution is -0.141. The minimum atomic E-state index is -4.56. The molecule has 4 rings (SSSR count). The Hall–Kier alpha value is -3.31. The maximum atomic E-state index is 13.4. The van der Waals surface area contributed by atoms with Gasteiger partial charge in [0.25, 0.3) is 5.91 Å². The van der Waals surface area contributed by atoms with Crippen LogP contribution in [0.5, 0.6) is 0 Å². The summed E-state index contributed by atoms with van der Waals surface area (Å²) < 4.78 is 40.1. The first-order valence-corrected chi connectivity index (χ1v) is 12.0. The van der Waals surface area contributed by atoms with Crippen molar-refractivity contribution in [3.05, 3.63) is 68.6 Å². The highest BCUT2D eigenvalue weighted by atomic mass is 35.5. The van der Waals surface area contributed by atoms with Crippen molar-refractivity contribution >= 4 is 58.4 Å². The third-order valence-corrected chi connectivity index (χ3v) is 7.02. The fourth-order valence-electron chi connectivity index (χ4n) is 4.03. The van der Waals surface area contributed by atoms with E-state index in [2.05, 4.69) is 10.3 Å². The van der Waals surface area contributed by atoms with Crippen molar-refractivity contribution in [2.24, 2.45) is 4.99 Å². The number of aliphatic imine (C=N–C) groups is 1. The maximum Gasteiger partial charge on any atom is 0.416 e. The largest absolute Gasteiger partial charge is 0.480 e.